The van der Waals surface area contributed by atoms with E-state index in [0.717, 1.165) is 11.1 Å². The Morgan fingerprint density at radius 3 is 2.88 bits per heavy atom. The van der Waals surface area contributed by atoms with E-state index in [0.29, 0.717) is 17.0 Å². The van der Waals surface area contributed by atoms with E-state index in [1.807, 2.05) is 18.3 Å². The number of carbonyl (C=O) groups is 1. The molecule has 0 saturated carbocycles. The van der Waals surface area contributed by atoms with Crippen molar-refractivity contribution in [1.82, 2.24) is 14.4 Å². The third-order valence-corrected chi connectivity index (χ3v) is 3.23. The number of pyridine rings is 2. The molecule has 0 saturated heterocycles. The molecule has 0 aromatic carbocycles. The third kappa shape index (κ3) is 3.32. The van der Waals surface area contributed by atoms with Crippen molar-refractivity contribution in [2.75, 3.05) is 11.1 Å². The van der Waals surface area contributed by atoms with E-state index >= 15 is 0 Å². The average molecular weight is 326 g/mol. The highest BCUT2D eigenvalue weighted by Crippen LogP contribution is 2.22. The highest BCUT2D eigenvalue weighted by Gasteiger charge is 2.07. The van der Waals surface area contributed by atoms with Gasteiger partial charge >= 0.3 is 0 Å². The molecule has 0 radical (unpaired) electrons. The fourth-order valence-electron chi connectivity index (χ4n) is 2.22. The molecule has 1 amide bonds. The topological polar surface area (TPSA) is 118 Å². The SMILES string of the molecule is C.CC(=O)Nc1cn2cc(-c3cnc(N)c(/C=N/O)c3)ccc2n1. The number of anilines is 2. The molecule has 3 aromatic rings. The van der Waals surface area contributed by atoms with Crippen LogP contribution >= 0.6 is 0 Å². The Morgan fingerprint density at radius 2 is 2.17 bits per heavy atom. The number of carbonyl (C=O) groups excluding carboxylic acids is 1. The van der Waals surface area contributed by atoms with Crippen molar-refractivity contribution in [3.05, 3.63) is 42.4 Å². The summed E-state index contributed by atoms with van der Waals surface area (Å²) < 4.78 is 1.80. The van der Waals surface area contributed by atoms with Crippen molar-refractivity contribution in [3.8, 4) is 11.1 Å². The summed E-state index contributed by atoms with van der Waals surface area (Å²) in [7, 11) is 0. The maximum Gasteiger partial charge on any atom is 0.222 e. The molecule has 8 nitrogen and oxygen atoms in total. The predicted molar refractivity (Wildman–Crippen MR) is 93.3 cm³/mol. The molecule has 0 aliphatic rings. The number of nitrogen functional groups attached to an aromatic ring is 1. The van der Waals surface area contributed by atoms with E-state index in [4.69, 9.17) is 10.9 Å². The number of nitrogens with one attached hydrogen (secondary N) is 1. The van der Waals surface area contributed by atoms with Gasteiger partial charge in [-0.15, -0.1) is 0 Å². The lowest BCUT2D eigenvalue weighted by molar-refractivity contribution is -0.114. The number of imidazole rings is 1. The van der Waals surface area contributed by atoms with Gasteiger partial charge in [-0.05, 0) is 18.2 Å². The number of oxime groups is 1. The Bertz CT molecular complexity index is 916. The lowest BCUT2D eigenvalue weighted by atomic mass is 10.1. The first-order chi connectivity index (χ1) is 11.1. The first-order valence-corrected chi connectivity index (χ1v) is 6.76. The lowest BCUT2D eigenvalue weighted by Crippen LogP contribution is -2.05. The van der Waals surface area contributed by atoms with Gasteiger partial charge in [0.2, 0.25) is 5.91 Å². The molecule has 3 aromatic heterocycles. The minimum atomic E-state index is -0.177. The number of nitrogens with two attached hydrogens (primary N) is 1. The number of hydrogen-bond donors (Lipinski definition) is 3. The van der Waals surface area contributed by atoms with Crippen LogP contribution in [0.3, 0.4) is 0 Å². The van der Waals surface area contributed by atoms with Crippen LogP contribution in [0.5, 0.6) is 0 Å². The molecule has 0 aliphatic heterocycles. The minimum Gasteiger partial charge on any atom is -0.411 e. The van der Waals surface area contributed by atoms with E-state index in [1.165, 1.54) is 13.1 Å². The smallest absolute Gasteiger partial charge is 0.222 e. The van der Waals surface area contributed by atoms with E-state index < -0.39 is 0 Å². The van der Waals surface area contributed by atoms with Gasteiger partial charge in [-0.3, -0.25) is 4.79 Å². The first-order valence-electron chi connectivity index (χ1n) is 6.76. The Balaban J connectivity index is 0.00000208. The van der Waals surface area contributed by atoms with Crippen LogP contribution in [0.2, 0.25) is 0 Å². The van der Waals surface area contributed by atoms with Gasteiger partial charge in [0.25, 0.3) is 0 Å². The number of fused-ring (bicyclic) bond motifs is 1. The van der Waals surface area contributed by atoms with Crippen LogP contribution in [-0.4, -0.2) is 31.7 Å². The molecule has 24 heavy (non-hydrogen) atoms. The Morgan fingerprint density at radius 1 is 1.38 bits per heavy atom. The summed E-state index contributed by atoms with van der Waals surface area (Å²) in [5.41, 5.74) is 8.64. The number of rotatable bonds is 3. The number of nitrogens with zero attached hydrogens (tertiary/aromatic N) is 4. The molecule has 0 spiro atoms. The molecule has 0 atom stereocenters. The van der Waals surface area contributed by atoms with Gasteiger partial charge in [-0.2, -0.15) is 0 Å². The monoisotopic (exact) mass is 326 g/mol. The highest BCUT2D eigenvalue weighted by atomic mass is 16.4. The number of amides is 1. The molecule has 0 unspecified atom stereocenters. The molecule has 8 heteroatoms. The van der Waals surface area contributed by atoms with Crippen molar-refractivity contribution in [3.63, 3.8) is 0 Å². The molecule has 124 valence electrons. The highest BCUT2D eigenvalue weighted by molar-refractivity contribution is 5.88. The van der Waals surface area contributed by atoms with Crippen LogP contribution in [0.25, 0.3) is 16.8 Å². The summed E-state index contributed by atoms with van der Waals surface area (Å²) >= 11 is 0. The van der Waals surface area contributed by atoms with Crippen LogP contribution < -0.4 is 11.1 Å². The number of hydrogen-bond acceptors (Lipinski definition) is 6. The van der Waals surface area contributed by atoms with E-state index in [2.05, 4.69) is 20.4 Å². The van der Waals surface area contributed by atoms with Gasteiger partial charge in [-0.1, -0.05) is 12.6 Å². The Kier molecular flexibility index (Phi) is 4.78. The fourth-order valence-corrected chi connectivity index (χ4v) is 2.22. The van der Waals surface area contributed by atoms with E-state index in [1.54, 1.807) is 22.9 Å². The number of aromatic nitrogens is 3. The molecule has 3 heterocycles. The fraction of sp³-hybridized carbons (Fsp3) is 0.125. The maximum absolute atomic E-state index is 11.1. The Hall–Kier alpha value is -3.42. The quantitative estimate of drug-likeness (QED) is 0.388. The first kappa shape index (κ1) is 16.9. The van der Waals surface area contributed by atoms with Gasteiger partial charge in [0.05, 0.1) is 12.4 Å². The maximum atomic E-state index is 11.1. The van der Waals surface area contributed by atoms with Gasteiger partial charge < -0.3 is 20.7 Å². The summed E-state index contributed by atoms with van der Waals surface area (Å²) in [4.78, 5) is 19.5. The molecule has 0 aliphatic carbocycles. The largest absolute Gasteiger partial charge is 0.411 e. The second kappa shape index (κ2) is 6.78. The summed E-state index contributed by atoms with van der Waals surface area (Å²) in [6.07, 6.45) is 6.45. The van der Waals surface area contributed by atoms with E-state index in [9.17, 15) is 4.79 Å². The predicted octanol–water partition coefficient (Wildman–Crippen LogP) is 2.38. The van der Waals surface area contributed by atoms with Crippen molar-refractivity contribution in [1.29, 1.82) is 0 Å². The van der Waals surface area contributed by atoms with Crippen LogP contribution in [0.4, 0.5) is 11.6 Å². The second-order valence-corrected chi connectivity index (χ2v) is 4.93. The van der Waals surface area contributed by atoms with E-state index in [-0.39, 0.29) is 19.2 Å². The lowest BCUT2D eigenvalue weighted by Gasteiger charge is -2.05. The van der Waals surface area contributed by atoms with Crippen molar-refractivity contribution < 1.29 is 10.0 Å². The molecule has 0 fully saturated rings. The minimum absolute atomic E-state index is 0. The summed E-state index contributed by atoms with van der Waals surface area (Å²) in [6.45, 7) is 1.43. The van der Waals surface area contributed by atoms with Gasteiger partial charge in [0, 0.05) is 36.0 Å². The van der Waals surface area contributed by atoms with Gasteiger partial charge in [-0.25, -0.2) is 9.97 Å². The zero-order valence-electron chi connectivity index (χ0n) is 12.3. The molecule has 4 N–H and O–H groups in total. The molecular formula is C16H18N6O2. The summed E-state index contributed by atoms with van der Waals surface area (Å²) in [5, 5.41) is 14.3. The van der Waals surface area contributed by atoms with Gasteiger partial charge in [0.15, 0.2) is 5.82 Å². The zero-order chi connectivity index (χ0) is 16.4. The van der Waals surface area contributed by atoms with Crippen molar-refractivity contribution in [2.45, 2.75) is 14.4 Å². The van der Waals surface area contributed by atoms with Crippen LogP contribution in [-0.2, 0) is 4.79 Å². The molecule has 0 bridgehead atoms. The van der Waals surface area contributed by atoms with Crippen LogP contribution in [0, 0.1) is 0 Å². The van der Waals surface area contributed by atoms with Crippen molar-refractivity contribution in [2.24, 2.45) is 5.16 Å². The van der Waals surface area contributed by atoms with Crippen LogP contribution in [0.1, 0.15) is 19.9 Å². The average Bonchev–Trinajstić information content (AvgIpc) is 2.90. The van der Waals surface area contributed by atoms with Crippen molar-refractivity contribution >= 4 is 29.4 Å². The second-order valence-electron chi connectivity index (χ2n) is 4.93. The Labute approximate surface area is 138 Å². The normalized spacial score (nSPS) is 10.7. The summed E-state index contributed by atoms with van der Waals surface area (Å²) in [6, 6.07) is 5.48. The van der Waals surface area contributed by atoms with Crippen LogP contribution in [0.15, 0.2) is 41.9 Å². The standard InChI is InChI=1S/C15H14N6O2.CH4/c1-9(22)19-13-8-21-7-10(2-3-14(21)20-13)11-4-12(6-18-23)15(16)17-5-11;/h2-8,23H,1H3,(H2,16,17)(H,19,22);1H4/b18-6+;. The molecule has 3 rings (SSSR count). The third-order valence-electron chi connectivity index (χ3n) is 3.23. The summed E-state index contributed by atoms with van der Waals surface area (Å²) in [5.74, 6) is 0.589. The molecular weight excluding hydrogens is 308 g/mol. The van der Waals surface area contributed by atoms with Gasteiger partial charge in [0.1, 0.15) is 11.5 Å². The zero-order valence-corrected chi connectivity index (χ0v) is 12.3.